The Morgan fingerprint density at radius 2 is 2.00 bits per heavy atom. The molecule has 0 N–H and O–H groups in total. The second-order valence-electron chi connectivity index (χ2n) is 4.76. The van der Waals surface area contributed by atoms with Crippen LogP contribution in [0.3, 0.4) is 0 Å². The molecule has 0 saturated carbocycles. The number of nitriles is 1. The van der Waals surface area contributed by atoms with Crippen molar-refractivity contribution >= 4 is 5.69 Å². The molecule has 0 aromatic heterocycles. The number of rotatable bonds is 1. The topological polar surface area (TPSA) is 27.0 Å². The number of fused-ring (bicyclic) bond motifs is 1. The van der Waals surface area contributed by atoms with E-state index in [2.05, 4.69) is 38.6 Å². The molecule has 0 radical (unpaired) electrons. The van der Waals surface area contributed by atoms with Gasteiger partial charge in [0, 0.05) is 16.8 Å². The van der Waals surface area contributed by atoms with Crippen LogP contribution in [0.5, 0.6) is 0 Å². The first kappa shape index (κ1) is 10.8. The van der Waals surface area contributed by atoms with Crippen LogP contribution in [0, 0.1) is 11.3 Å². The molecule has 82 valence electrons. The zero-order valence-electron chi connectivity index (χ0n) is 9.99. The summed E-state index contributed by atoms with van der Waals surface area (Å²) >= 11 is 0. The fourth-order valence-corrected chi connectivity index (χ4v) is 2.31. The molecule has 1 heterocycles. The van der Waals surface area contributed by atoms with Crippen LogP contribution in [0.2, 0.25) is 0 Å². The molecule has 2 heteroatoms. The standard InChI is InChI=1S/C14H16N2/c1-10(9-15)16-11(2)14(3,4)12-7-5-6-8-13(12)16/h5-8,10H,2H2,1,3-4H3. The molecule has 1 aromatic carbocycles. The van der Waals surface area contributed by atoms with E-state index >= 15 is 0 Å². The van der Waals surface area contributed by atoms with E-state index in [1.807, 2.05) is 24.0 Å². The van der Waals surface area contributed by atoms with Crippen LogP contribution < -0.4 is 4.90 Å². The molecule has 0 aliphatic carbocycles. The molecule has 1 aliphatic rings. The highest BCUT2D eigenvalue weighted by Gasteiger charge is 2.40. The van der Waals surface area contributed by atoms with Crippen molar-refractivity contribution in [2.24, 2.45) is 0 Å². The minimum atomic E-state index is -0.171. The van der Waals surface area contributed by atoms with Crippen molar-refractivity contribution in [2.45, 2.75) is 32.2 Å². The van der Waals surface area contributed by atoms with Crippen LogP contribution in [0.25, 0.3) is 0 Å². The molecule has 1 aliphatic heterocycles. The fraction of sp³-hybridized carbons (Fsp3) is 0.357. The van der Waals surface area contributed by atoms with Crippen molar-refractivity contribution in [3.63, 3.8) is 0 Å². The van der Waals surface area contributed by atoms with Crippen LogP contribution in [0.1, 0.15) is 26.3 Å². The predicted octanol–water partition coefficient (Wildman–Crippen LogP) is 3.21. The van der Waals surface area contributed by atoms with E-state index in [4.69, 9.17) is 5.26 Å². The molecule has 2 rings (SSSR count). The number of nitrogens with zero attached hydrogens (tertiary/aromatic N) is 2. The molecular weight excluding hydrogens is 196 g/mol. The van der Waals surface area contributed by atoms with E-state index in [-0.39, 0.29) is 11.5 Å². The van der Waals surface area contributed by atoms with Crippen LogP contribution in [0.4, 0.5) is 5.69 Å². The Kier molecular flexibility index (Phi) is 2.27. The maximum atomic E-state index is 9.08. The number of hydrogen-bond acceptors (Lipinski definition) is 2. The van der Waals surface area contributed by atoms with Crippen molar-refractivity contribution < 1.29 is 0 Å². The molecule has 0 bridgehead atoms. The molecule has 0 amide bonds. The van der Waals surface area contributed by atoms with Gasteiger partial charge in [0.25, 0.3) is 0 Å². The van der Waals surface area contributed by atoms with Crippen molar-refractivity contribution in [3.8, 4) is 6.07 Å². The van der Waals surface area contributed by atoms with Gasteiger partial charge < -0.3 is 4.90 Å². The highest BCUT2D eigenvalue weighted by Crippen LogP contribution is 2.47. The van der Waals surface area contributed by atoms with Crippen molar-refractivity contribution in [2.75, 3.05) is 4.90 Å². The fourth-order valence-electron chi connectivity index (χ4n) is 2.31. The van der Waals surface area contributed by atoms with Crippen molar-refractivity contribution in [1.29, 1.82) is 5.26 Å². The first-order valence-electron chi connectivity index (χ1n) is 5.48. The lowest BCUT2D eigenvalue weighted by Crippen LogP contribution is -2.31. The summed E-state index contributed by atoms with van der Waals surface area (Å²) in [6.07, 6.45) is 0. The summed E-state index contributed by atoms with van der Waals surface area (Å²) in [7, 11) is 0. The van der Waals surface area contributed by atoms with Crippen LogP contribution in [-0.2, 0) is 5.41 Å². The quantitative estimate of drug-likeness (QED) is 0.714. The molecule has 2 nitrogen and oxygen atoms in total. The monoisotopic (exact) mass is 212 g/mol. The number of para-hydroxylation sites is 1. The van der Waals surface area contributed by atoms with E-state index in [1.54, 1.807) is 0 Å². The lowest BCUT2D eigenvalue weighted by atomic mass is 9.84. The second kappa shape index (κ2) is 3.38. The Balaban J connectivity index is 2.61. The summed E-state index contributed by atoms with van der Waals surface area (Å²) in [4.78, 5) is 2.04. The van der Waals surface area contributed by atoms with Gasteiger partial charge in [-0.1, -0.05) is 38.6 Å². The Bertz CT molecular complexity index is 480. The van der Waals surface area contributed by atoms with Gasteiger partial charge in [-0.2, -0.15) is 5.26 Å². The zero-order valence-corrected chi connectivity index (χ0v) is 9.99. The average molecular weight is 212 g/mol. The van der Waals surface area contributed by atoms with Gasteiger partial charge in [-0.15, -0.1) is 0 Å². The van der Waals surface area contributed by atoms with Gasteiger partial charge in [-0.3, -0.25) is 0 Å². The van der Waals surface area contributed by atoms with Crippen LogP contribution >= 0.6 is 0 Å². The third-order valence-electron chi connectivity index (χ3n) is 3.42. The number of anilines is 1. The Hall–Kier alpha value is -1.75. The maximum Gasteiger partial charge on any atom is 0.118 e. The SMILES string of the molecule is C=C1N(C(C)C#N)c2ccccc2C1(C)C. The summed E-state index contributed by atoms with van der Waals surface area (Å²) < 4.78 is 0. The lowest BCUT2D eigenvalue weighted by molar-refractivity contribution is 0.626. The largest absolute Gasteiger partial charge is 0.328 e. The van der Waals surface area contributed by atoms with E-state index < -0.39 is 0 Å². The van der Waals surface area contributed by atoms with E-state index in [9.17, 15) is 0 Å². The van der Waals surface area contributed by atoms with Gasteiger partial charge in [-0.25, -0.2) is 0 Å². The van der Waals surface area contributed by atoms with E-state index in [0.717, 1.165) is 11.4 Å². The van der Waals surface area contributed by atoms with Crippen molar-refractivity contribution in [1.82, 2.24) is 0 Å². The second-order valence-corrected chi connectivity index (χ2v) is 4.76. The molecule has 1 aromatic rings. The zero-order chi connectivity index (χ0) is 11.9. The summed E-state index contributed by atoms with van der Waals surface area (Å²) in [6, 6.07) is 10.3. The van der Waals surface area contributed by atoms with Gasteiger partial charge in [0.1, 0.15) is 6.04 Å². The third kappa shape index (κ3) is 1.25. The van der Waals surface area contributed by atoms with Gasteiger partial charge >= 0.3 is 0 Å². The molecule has 0 saturated heterocycles. The average Bonchev–Trinajstić information content (AvgIpc) is 2.48. The molecule has 1 unspecified atom stereocenters. The normalized spacial score (nSPS) is 19.1. The summed E-state index contributed by atoms with van der Waals surface area (Å²) in [5.41, 5.74) is 3.29. The molecule has 0 spiro atoms. The highest BCUT2D eigenvalue weighted by molar-refractivity contribution is 5.71. The molecule has 16 heavy (non-hydrogen) atoms. The van der Waals surface area contributed by atoms with Crippen LogP contribution in [-0.4, -0.2) is 6.04 Å². The molecule has 1 atom stereocenters. The first-order valence-corrected chi connectivity index (χ1v) is 5.48. The minimum absolute atomic E-state index is 0.0816. The van der Waals surface area contributed by atoms with Gasteiger partial charge in [0.05, 0.1) is 6.07 Å². The molecular formula is C14H16N2. The van der Waals surface area contributed by atoms with E-state index in [1.165, 1.54) is 5.56 Å². The first-order chi connectivity index (χ1) is 7.50. The minimum Gasteiger partial charge on any atom is -0.328 e. The summed E-state index contributed by atoms with van der Waals surface area (Å²) in [6.45, 7) is 10.4. The smallest absolute Gasteiger partial charge is 0.118 e. The van der Waals surface area contributed by atoms with Gasteiger partial charge in [0.15, 0.2) is 0 Å². The number of allylic oxidation sites excluding steroid dienone is 1. The summed E-state index contributed by atoms with van der Waals surface area (Å²) in [5, 5.41) is 9.08. The predicted molar refractivity (Wildman–Crippen MR) is 66.2 cm³/mol. The van der Waals surface area contributed by atoms with Gasteiger partial charge in [-0.05, 0) is 18.6 Å². The van der Waals surface area contributed by atoms with Crippen LogP contribution in [0.15, 0.2) is 36.5 Å². The van der Waals surface area contributed by atoms with Gasteiger partial charge in [0.2, 0.25) is 0 Å². The third-order valence-corrected chi connectivity index (χ3v) is 3.42. The Morgan fingerprint density at radius 3 is 2.62 bits per heavy atom. The Labute approximate surface area is 96.8 Å². The maximum absolute atomic E-state index is 9.08. The number of hydrogen-bond donors (Lipinski definition) is 0. The number of benzene rings is 1. The lowest BCUT2D eigenvalue weighted by Gasteiger charge is -2.27. The van der Waals surface area contributed by atoms with Crippen molar-refractivity contribution in [3.05, 3.63) is 42.1 Å². The summed E-state index contributed by atoms with van der Waals surface area (Å²) in [5.74, 6) is 0. The Morgan fingerprint density at radius 1 is 1.38 bits per heavy atom. The highest BCUT2D eigenvalue weighted by atomic mass is 15.2. The molecule has 0 fully saturated rings. The van der Waals surface area contributed by atoms with E-state index in [0.29, 0.717) is 0 Å².